The third-order valence-electron chi connectivity index (χ3n) is 4.07. The number of carbonyl (C=O) groups excluding carboxylic acids is 2. The molecule has 1 aliphatic carbocycles. The van der Waals surface area contributed by atoms with Crippen molar-refractivity contribution in [3.05, 3.63) is 30.1 Å². The molecule has 7 nitrogen and oxygen atoms in total. The number of esters is 1. The highest BCUT2D eigenvalue weighted by Gasteiger charge is 2.42. The Hall–Kier alpha value is -1.96. The highest BCUT2D eigenvalue weighted by atomic mass is 32.2. The highest BCUT2D eigenvalue weighted by molar-refractivity contribution is 7.91. The predicted octanol–water partition coefficient (Wildman–Crippen LogP) is 0.416. The van der Waals surface area contributed by atoms with E-state index in [0.717, 1.165) is 12.8 Å². The summed E-state index contributed by atoms with van der Waals surface area (Å²) in [6.07, 6.45) is 5.15. The molecule has 0 spiro atoms. The molecule has 3 rings (SSSR count). The van der Waals surface area contributed by atoms with Crippen LogP contribution in [0.15, 0.2) is 24.5 Å². The number of hydrogen-bond acceptors (Lipinski definition) is 6. The summed E-state index contributed by atoms with van der Waals surface area (Å²) in [5.41, 5.74) is 0.328. The summed E-state index contributed by atoms with van der Waals surface area (Å²) in [5.74, 6) is -0.786. The number of pyridine rings is 1. The second kappa shape index (κ2) is 6.27. The van der Waals surface area contributed by atoms with Gasteiger partial charge in [-0.1, -0.05) is 0 Å². The average molecular weight is 338 g/mol. The monoisotopic (exact) mass is 338 g/mol. The molecule has 1 amide bonds. The van der Waals surface area contributed by atoms with Crippen LogP contribution < -0.4 is 0 Å². The Morgan fingerprint density at radius 1 is 1.17 bits per heavy atom. The van der Waals surface area contributed by atoms with E-state index in [2.05, 4.69) is 4.98 Å². The first-order valence-corrected chi connectivity index (χ1v) is 9.37. The van der Waals surface area contributed by atoms with Gasteiger partial charge < -0.3 is 9.64 Å². The fraction of sp³-hybridized carbons (Fsp3) is 0.533. The summed E-state index contributed by atoms with van der Waals surface area (Å²) in [5, 5.41) is 0. The van der Waals surface area contributed by atoms with E-state index in [0.29, 0.717) is 12.0 Å². The fourth-order valence-corrected chi connectivity index (χ4v) is 4.54. The predicted molar refractivity (Wildman–Crippen MR) is 81.4 cm³/mol. The van der Waals surface area contributed by atoms with E-state index >= 15 is 0 Å². The molecule has 2 heterocycles. The van der Waals surface area contributed by atoms with Crippen LogP contribution in [0.4, 0.5) is 0 Å². The standard InChI is InChI=1S/C15H18N2O5S/c18-14(9-22-15(19)11-3-6-16-7-4-11)17(12-1-2-12)13-5-8-23(20,21)10-13/h3-4,6-7,12-13H,1-2,5,8-10H2/t13-/m0/s1. The van der Waals surface area contributed by atoms with Crippen molar-refractivity contribution in [3.63, 3.8) is 0 Å². The minimum absolute atomic E-state index is 0.00748. The lowest BCUT2D eigenvalue weighted by atomic mass is 10.2. The summed E-state index contributed by atoms with van der Waals surface area (Å²) >= 11 is 0. The Labute approximate surface area is 134 Å². The lowest BCUT2D eigenvalue weighted by molar-refractivity contribution is -0.137. The number of carbonyl (C=O) groups is 2. The van der Waals surface area contributed by atoms with Crippen molar-refractivity contribution in [2.45, 2.75) is 31.3 Å². The smallest absolute Gasteiger partial charge is 0.338 e. The zero-order valence-corrected chi connectivity index (χ0v) is 13.4. The van der Waals surface area contributed by atoms with Crippen molar-refractivity contribution in [2.24, 2.45) is 0 Å². The van der Waals surface area contributed by atoms with Crippen molar-refractivity contribution in [3.8, 4) is 0 Å². The lowest BCUT2D eigenvalue weighted by Crippen LogP contribution is -2.44. The fourth-order valence-electron chi connectivity index (χ4n) is 2.83. The number of nitrogens with zero attached hydrogens (tertiary/aromatic N) is 2. The second-order valence-electron chi connectivity index (χ2n) is 5.90. The summed E-state index contributed by atoms with van der Waals surface area (Å²) < 4.78 is 28.3. The number of rotatable bonds is 5. The first-order chi connectivity index (χ1) is 11.0. The Balaban J connectivity index is 1.60. The van der Waals surface area contributed by atoms with Crippen molar-refractivity contribution >= 4 is 21.7 Å². The molecule has 124 valence electrons. The maximum absolute atomic E-state index is 12.4. The molecule has 8 heteroatoms. The van der Waals surface area contributed by atoms with E-state index in [1.165, 1.54) is 24.5 Å². The quantitative estimate of drug-likeness (QED) is 0.722. The number of aromatic nitrogens is 1. The lowest BCUT2D eigenvalue weighted by Gasteiger charge is -2.28. The van der Waals surface area contributed by atoms with Gasteiger partial charge in [0.2, 0.25) is 0 Å². The van der Waals surface area contributed by atoms with Gasteiger partial charge in [-0.05, 0) is 31.4 Å². The Morgan fingerprint density at radius 3 is 2.43 bits per heavy atom. The molecule has 1 saturated heterocycles. The van der Waals surface area contributed by atoms with Crippen LogP contribution in [0.3, 0.4) is 0 Å². The Kier molecular flexibility index (Phi) is 4.34. The Morgan fingerprint density at radius 2 is 1.87 bits per heavy atom. The number of sulfone groups is 1. The number of amides is 1. The molecule has 0 aromatic carbocycles. The molecule has 1 aromatic rings. The zero-order valence-electron chi connectivity index (χ0n) is 12.6. The second-order valence-corrected chi connectivity index (χ2v) is 8.13. The topological polar surface area (TPSA) is 93.6 Å². The van der Waals surface area contributed by atoms with Crippen LogP contribution in [-0.4, -0.2) is 60.4 Å². The molecule has 1 aromatic heterocycles. The molecule has 1 aliphatic heterocycles. The minimum Gasteiger partial charge on any atom is -0.452 e. The van der Waals surface area contributed by atoms with Crippen molar-refractivity contribution in [1.82, 2.24) is 9.88 Å². The van der Waals surface area contributed by atoms with Gasteiger partial charge in [0.1, 0.15) is 0 Å². The average Bonchev–Trinajstić information content (AvgIpc) is 3.29. The molecule has 2 aliphatic rings. The van der Waals surface area contributed by atoms with Gasteiger partial charge in [-0.2, -0.15) is 0 Å². The third-order valence-corrected chi connectivity index (χ3v) is 5.82. The molecule has 1 atom stereocenters. The van der Waals surface area contributed by atoms with E-state index < -0.39 is 15.8 Å². The molecular formula is C15H18N2O5S. The molecule has 23 heavy (non-hydrogen) atoms. The molecule has 0 unspecified atom stereocenters. The summed E-state index contributed by atoms with van der Waals surface area (Å²) in [7, 11) is -3.06. The van der Waals surface area contributed by atoms with E-state index in [9.17, 15) is 18.0 Å². The van der Waals surface area contributed by atoms with Gasteiger partial charge in [0, 0.05) is 24.5 Å². The van der Waals surface area contributed by atoms with Crippen molar-refractivity contribution < 1.29 is 22.7 Å². The van der Waals surface area contributed by atoms with E-state index in [4.69, 9.17) is 4.74 Å². The Bertz CT molecular complexity index is 700. The molecule has 0 N–H and O–H groups in total. The number of hydrogen-bond donors (Lipinski definition) is 0. The van der Waals surface area contributed by atoms with Crippen LogP contribution in [-0.2, 0) is 19.4 Å². The van der Waals surface area contributed by atoms with E-state index in [-0.39, 0.29) is 36.1 Å². The normalized spacial score (nSPS) is 22.5. The summed E-state index contributed by atoms with van der Waals surface area (Å²) in [6, 6.07) is 2.81. The minimum atomic E-state index is -3.06. The zero-order chi connectivity index (χ0) is 16.4. The van der Waals surface area contributed by atoms with Crippen LogP contribution in [0.25, 0.3) is 0 Å². The first kappa shape index (κ1) is 15.9. The molecular weight excluding hydrogens is 320 g/mol. The summed E-state index contributed by atoms with van der Waals surface area (Å²) in [4.78, 5) is 29.7. The van der Waals surface area contributed by atoms with Crippen LogP contribution in [0.1, 0.15) is 29.6 Å². The van der Waals surface area contributed by atoms with Gasteiger partial charge in [0.05, 0.1) is 17.1 Å². The van der Waals surface area contributed by atoms with Gasteiger partial charge in [-0.25, -0.2) is 13.2 Å². The van der Waals surface area contributed by atoms with Gasteiger partial charge in [0.25, 0.3) is 5.91 Å². The van der Waals surface area contributed by atoms with Gasteiger partial charge in [-0.15, -0.1) is 0 Å². The molecule has 2 fully saturated rings. The van der Waals surface area contributed by atoms with Crippen LogP contribution in [0, 0.1) is 0 Å². The van der Waals surface area contributed by atoms with Gasteiger partial charge >= 0.3 is 5.97 Å². The first-order valence-electron chi connectivity index (χ1n) is 7.55. The van der Waals surface area contributed by atoms with Gasteiger partial charge in [-0.3, -0.25) is 9.78 Å². The maximum Gasteiger partial charge on any atom is 0.338 e. The van der Waals surface area contributed by atoms with Crippen LogP contribution >= 0.6 is 0 Å². The third kappa shape index (κ3) is 3.87. The van der Waals surface area contributed by atoms with Crippen molar-refractivity contribution in [1.29, 1.82) is 0 Å². The molecule has 0 radical (unpaired) electrons. The maximum atomic E-state index is 12.4. The molecule has 0 bridgehead atoms. The van der Waals surface area contributed by atoms with Crippen molar-refractivity contribution in [2.75, 3.05) is 18.1 Å². The SMILES string of the molecule is O=C(OCC(=O)N(C1CC1)[C@H]1CCS(=O)(=O)C1)c1ccncc1. The molecule has 1 saturated carbocycles. The van der Waals surface area contributed by atoms with Crippen LogP contribution in [0.2, 0.25) is 0 Å². The number of ether oxygens (including phenoxy) is 1. The van der Waals surface area contributed by atoms with Crippen LogP contribution in [0.5, 0.6) is 0 Å². The van der Waals surface area contributed by atoms with E-state index in [1.807, 2.05) is 0 Å². The largest absolute Gasteiger partial charge is 0.452 e. The van der Waals surface area contributed by atoms with E-state index in [1.54, 1.807) is 4.90 Å². The van der Waals surface area contributed by atoms with Gasteiger partial charge in [0.15, 0.2) is 16.4 Å². The summed E-state index contributed by atoms with van der Waals surface area (Å²) in [6.45, 7) is -0.367. The highest BCUT2D eigenvalue weighted by Crippen LogP contribution is 2.32.